The first-order valence-electron chi connectivity index (χ1n) is 9.21. The first kappa shape index (κ1) is 21.6. The lowest BCUT2D eigenvalue weighted by Crippen LogP contribution is -2.48. The second-order valence-electron chi connectivity index (χ2n) is 6.77. The fourth-order valence-corrected chi connectivity index (χ4v) is 3.82. The minimum atomic E-state index is -3.56. The molecule has 7 nitrogen and oxygen atoms in total. The molecule has 0 aliphatic carbocycles. The fraction of sp³-hybridized carbons (Fsp3) is 0.526. The standard InChI is InChI=1S/C19H29N3O4S/c1-16-14-22(15-17(2)26-16)12-11-20-19(23)8-10-21-27(24,25)13-9-18-6-4-3-5-7-18/h3-7,9,13,16-17,21H,8,10-12,14-15H2,1-2H3,(H,20,23)/b13-9+. The van der Waals surface area contributed by atoms with E-state index in [0.29, 0.717) is 6.54 Å². The number of nitrogens with zero attached hydrogens (tertiary/aromatic N) is 1. The van der Waals surface area contributed by atoms with Gasteiger partial charge in [-0.05, 0) is 25.5 Å². The average Bonchev–Trinajstić information content (AvgIpc) is 2.60. The van der Waals surface area contributed by atoms with E-state index in [1.807, 2.05) is 44.2 Å². The summed E-state index contributed by atoms with van der Waals surface area (Å²) in [5.74, 6) is -0.168. The van der Waals surface area contributed by atoms with Crippen LogP contribution in [0, 0.1) is 0 Å². The molecule has 2 unspecified atom stereocenters. The van der Waals surface area contributed by atoms with Crippen LogP contribution in [0.15, 0.2) is 35.7 Å². The molecule has 1 saturated heterocycles. The van der Waals surface area contributed by atoms with E-state index >= 15 is 0 Å². The second-order valence-corrected chi connectivity index (χ2v) is 8.42. The first-order chi connectivity index (χ1) is 12.8. The lowest BCUT2D eigenvalue weighted by atomic mass is 10.2. The van der Waals surface area contributed by atoms with Crippen molar-refractivity contribution in [2.75, 3.05) is 32.7 Å². The maximum absolute atomic E-state index is 11.9. The van der Waals surface area contributed by atoms with E-state index in [9.17, 15) is 13.2 Å². The van der Waals surface area contributed by atoms with E-state index in [4.69, 9.17) is 4.74 Å². The van der Waals surface area contributed by atoms with Crippen molar-refractivity contribution in [3.8, 4) is 0 Å². The van der Waals surface area contributed by atoms with Gasteiger partial charge in [0.1, 0.15) is 0 Å². The van der Waals surface area contributed by atoms with Gasteiger partial charge in [0.15, 0.2) is 0 Å². The van der Waals surface area contributed by atoms with Crippen molar-refractivity contribution in [2.24, 2.45) is 0 Å². The molecule has 1 aromatic rings. The summed E-state index contributed by atoms with van der Waals surface area (Å²) in [6, 6.07) is 9.17. The van der Waals surface area contributed by atoms with Gasteiger partial charge in [0.2, 0.25) is 15.9 Å². The summed E-state index contributed by atoms with van der Waals surface area (Å²) >= 11 is 0. The topological polar surface area (TPSA) is 87.7 Å². The van der Waals surface area contributed by atoms with Crippen molar-refractivity contribution >= 4 is 22.0 Å². The molecule has 1 aliphatic rings. The number of morpholine rings is 1. The Kier molecular flexibility index (Phi) is 8.43. The Morgan fingerprint density at radius 3 is 2.52 bits per heavy atom. The number of ether oxygens (including phenoxy) is 1. The number of hydrogen-bond donors (Lipinski definition) is 2. The molecule has 2 atom stereocenters. The molecule has 2 N–H and O–H groups in total. The van der Waals surface area contributed by atoms with E-state index in [1.54, 1.807) is 0 Å². The minimum absolute atomic E-state index is 0.0684. The molecule has 0 saturated carbocycles. The number of amides is 1. The summed E-state index contributed by atoms with van der Waals surface area (Å²) in [7, 11) is -3.56. The summed E-state index contributed by atoms with van der Waals surface area (Å²) < 4.78 is 31.9. The van der Waals surface area contributed by atoms with Gasteiger partial charge >= 0.3 is 0 Å². The van der Waals surface area contributed by atoms with Crippen molar-refractivity contribution in [1.82, 2.24) is 14.9 Å². The zero-order valence-corrected chi connectivity index (χ0v) is 16.7. The Balaban J connectivity index is 1.63. The Bertz CT molecular complexity index is 712. The highest BCUT2D eigenvalue weighted by molar-refractivity contribution is 7.92. The summed E-state index contributed by atoms with van der Waals surface area (Å²) in [6.45, 7) is 7.16. The number of benzene rings is 1. The molecule has 8 heteroatoms. The van der Waals surface area contributed by atoms with E-state index < -0.39 is 10.0 Å². The maximum atomic E-state index is 11.9. The molecule has 2 rings (SSSR count). The molecule has 1 heterocycles. The van der Waals surface area contributed by atoms with Crippen molar-refractivity contribution in [2.45, 2.75) is 32.5 Å². The third kappa shape index (κ3) is 8.66. The molecule has 27 heavy (non-hydrogen) atoms. The Morgan fingerprint density at radius 1 is 1.19 bits per heavy atom. The predicted octanol–water partition coefficient (Wildman–Crippen LogP) is 1.19. The lowest BCUT2D eigenvalue weighted by Gasteiger charge is -2.35. The highest BCUT2D eigenvalue weighted by atomic mass is 32.2. The molecule has 1 aromatic carbocycles. The van der Waals surface area contributed by atoms with E-state index in [-0.39, 0.29) is 31.1 Å². The summed E-state index contributed by atoms with van der Waals surface area (Å²) in [5.41, 5.74) is 0.798. The lowest BCUT2D eigenvalue weighted by molar-refractivity contribution is -0.121. The Hall–Kier alpha value is -1.74. The van der Waals surface area contributed by atoms with Crippen LogP contribution in [0.5, 0.6) is 0 Å². The molecule has 0 bridgehead atoms. The van der Waals surface area contributed by atoms with Gasteiger partial charge in [-0.25, -0.2) is 13.1 Å². The number of hydrogen-bond acceptors (Lipinski definition) is 5. The van der Waals surface area contributed by atoms with Crippen LogP contribution in [0.2, 0.25) is 0 Å². The molecule has 1 fully saturated rings. The quantitative estimate of drug-likeness (QED) is 0.656. The number of carbonyl (C=O) groups excluding carboxylic acids is 1. The van der Waals surface area contributed by atoms with Gasteiger partial charge in [-0.15, -0.1) is 0 Å². The largest absolute Gasteiger partial charge is 0.373 e. The van der Waals surface area contributed by atoms with Crippen LogP contribution < -0.4 is 10.0 Å². The maximum Gasteiger partial charge on any atom is 0.233 e. The van der Waals surface area contributed by atoms with Crippen LogP contribution in [-0.2, 0) is 19.6 Å². The van der Waals surface area contributed by atoms with E-state index in [1.165, 1.54) is 6.08 Å². The summed E-state index contributed by atoms with van der Waals surface area (Å²) in [5, 5.41) is 3.94. The Labute approximate surface area is 161 Å². The van der Waals surface area contributed by atoms with Gasteiger partial charge in [0.05, 0.1) is 12.2 Å². The normalized spacial score (nSPS) is 21.4. The minimum Gasteiger partial charge on any atom is -0.373 e. The number of sulfonamides is 1. The fourth-order valence-electron chi connectivity index (χ4n) is 3.00. The number of carbonyl (C=O) groups is 1. The van der Waals surface area contributed by atoms with Crippen LogP contribution in [-0.4, -0.2) is 64.2 Å². The molecule has 0 radical (unpaired) electrons. The molecule has 0 spiro atoms. The van der Waals surface area contributed by atoms with Crippen LogP contribution in [0.1, 0.15) is 25.8 Å². The Morgan fingerprint density at radius 2 is 1.85 bits per heavy atom. The van der Waals surface area contributed by atoms with Crippen molar-refractivity contribution < 1.29 is 17.9 Å². The van der Waals surface area contributed by atoms with Gasteiger partial charge in [-0.1, -0.05) is 30.3 Å². The highest BCUT2D eigenvalue weighted by Crippen LogP contribution is 2.09. The van der Waals surface area contributed by atoms with Crippen LogP contribution >= 0.6 is 0 Å². The molecular weight excluding hydrogens is 366 g/mol. The zero-order valence-electron chi connectivity index (χ0n) is 15.9. The van der Waals surface area contributed by atoms with Gasteiger partial charge in [-0.3, -0.25) is 9.69 Å². The summed E-state index contributed by atoms with van der Waals surface area (Å²) in [6.07, 6.45) is 2.02. The van der Waals surface area contributed by atoms with Crippen molar-refractivity contribution in [3.63, 3.8) is 0 Å². The highest BCUT2D eigenvalue weighted by Gasteiger charge is 2.21. The van der Waals surface area contributed by atoms with E-state index in [0.717, 1.165) is 30.6 Å². The predicted molar refractivity (Wildman–Crippen MR) is 106 cm³/mol. The van der Waals surface area contributed by atoms with Gasteiger partial charge in [0.25, 0.3) is 0 Å². The third-order valence-corrected chi connectivity index (χ3v) is 5.24. The molecule has 0 aromatic heterocycles. The first-order valence-corrected chi connectivity index (χ1v) is 10.8. The second kappa shape index (κ2) is 10.6. The smallest absolute Gasteiger partial charge is 0.233 e. The monoisotopic (exact) mass is 395 g/mol. The van der Waals surface area contributed by atoms with Gasteiger partial charge < -0.3 is 10.1 Å². The molecule has 1 aliphatic heterocycles. The number of nitrogens with one attached hydrogen (secondary N) is 2. The van der Waals surface area contributed by atoms with Gasteiger partial charge in [0, 0.05) is 44.6 Å². The third-order valence-electron chi connectivity index (χ3n) is 4.14. The summed E-state index contributed by atoms with van der Waals surface area (Å²) in [4.78, 5) is 14.1. The van der Waals surface area contributed by atoms with Crippen LogP contribution in [0.3, 0.4) is 0 Å². The van der Waals surface area contributed by atoms with E-state index in [2.05, 4.69) is 14.9 Å². The molecule has 150 valence electrons. The van der Waals surface area contributed by atoms with Gasteiger partial charge in [-0.2, -0.15) is 0 Å². The van der Waals surface area contributed by atoms with Crippen molar-refractivity contribution in [1.29, 1.82) is 0 Å². The van der Waals surface area contributed by atoms with Crippen molar-refractivity contribution in [3.05, 3.63) is 41.3 Å². The zero-order chi connectivity index (χ0) is 19.7. The number of rotatable bonds is 9. The molecule has 1 amide bonds. The SMILES string of the molecule is CC1CN(CCNC(=O)CCNS(=O)(=O)/C=C/c2ccccc2)CC(C)O1. The van der Waals surface area contributed by atoms with Crippen LogP contribution in [0.4, 0.5) is 0 Å². The van der Waals surface area contributed by atoms with Crippen LogP contribution in [0.25, 0.3) is 6.08 Å². The molecular formula is C19H29N3O4S. The average molecular weight is 396 g/mol.